The molecule has 0 unspecified atom stereocenters. The molecule has 1 fully saturated rings. The monoisotopic (exact) mass is 177 g/mol. The molecule has 0 aromatic carbocycles. The Kier molecular flexibility index (Phi) is 1.80. The lowest BCUT2D eigenvalue weighted by atomic mass is 10.2. The van der Waals surface area contributed by atoms with Crippen LogP contribution in [0.4, 0.5) is 0 Å². The van der Waals surface area contributed by atoms with E-state index in [1.165, 1.54) is 6.92 Å². The van der Waals surface area contributed by atoms with Crippen LogP contribution >= 0.6 is 0 Å². The molecule has 11 heavy (non-hydrogen) atoms. The van der Waals surface area contributed by atoms with E-state index < -0.39 is 14.8 Å². The Balaban J connectivity index is 2.78. The third-order valence-corrected chi connectivity index (χ3v) is 3.74. The van der Waals surface area contributed by atoms with Crippen molar-refractivity contribution in [3.05, 3.63) is 0 Å². The quantitative estimate of drug-likeness (QED) is 0.647. The van der Waals surface area contributed by atoms with Crippen LogP contribution in [0.15, 0.2) is 0 Å². The van der Waals surface area contributed by atoms with Gasteiger partial charge in [-0.3, -0.25) is 4.79 Å². The minimum atomic E-state index is -3.51. The summed E-state index contributed by atoms with van der Waals surface area (Å²) in [6.07, 6.45) is 1.14. The number of hydrogen-bond acceptors (Lipinski definition) is 3. The molecule has 0 aliphatic heterocycles. The van der Waals surface area contributed by atoms with E-state index in [2.05, 4.69) is 0 Å². The summed E-state index contributed by atoms with van der Waals surface area (Å²) in [5.74, 6) is -0.114. The standard InChI is InChI=1S/C6H11NO3S/c1-5(8)4-6(2-3-6)11(7,9)10/h2-4H2,1H3,(H2,7,9,10). The number of nitrogens with two attached hydrogens (primary N) is 1. The molecule has 4 nitrogen and oxygen atoms in total. The largest absolute Gasteiger partial charge is 0.300 e. The first-order valence-electron chi connectivity index (χ1n) is 3.39. The molecule has 0 aromatic rings. The molecule has 1 saturated carbocycles. The molecule has 0 saturated heterocycles. The predicted octanol–water partition coefficient (Wildman–Crippen LogP) is -0.213. The number of ketones is 1. The number of sulfonamides is 1. The zero-order valence-electron chi connectivity index (χ0n) is 6.33. The summed E-state index contributed by atoms with van der Waals surface area (Å²) < 4.78 is 20.9. The summed E-state index contributed by atoms with van der Waals surface area (Å²) >= 11 is 0. The van der Waals surface area contributed by atoms with Crippen LogP contribution in [0.1, 0.15) is 26.2 Å². The maximum atomic E-state index is 10.9. The smallest absolute Gasteiger partial charge is 0.215 e. The Labute approximate surface area is 65.8 Å². The number of primary sulfonamides is 1. The van der Waals surface area contributed by atoms with Crippen LogP contribution in [0.25, 0.3) is 0 Å². The van der Waals surface area contributed by atoms with Crippen molar-refractivity contribution in [1.29, 1.82) is 0 Å². The number of Topliss-reactive ketones (excluding diaryl/α,β-unsaturated/α-hetero) is 1. The van der Waals surface area contributed by atoms with E-state index in [9.17, 15) is 13.2 Å². The van der Waals surface area contributed by atoms with Crippen LogP contribution in [0, 0.1) is 0 Å². The van der Waals surface area contributed by atoms with Gasteiger partial charge in [0, 0.05) is 6.42 Å². The number of carbonyl (C=O) groups is 1. The van der Waals surface area contributed by atoms with Crippen molar-refractivity contribution < 1.29 is 13.2 Å². The summed E-state index contributed by atoms with van der Waals surface area (Å²) in [5.41, 5.74) is 0. The maximum absolute atomic E-state index is 10.9. The molecule has 0 atom stereocenters. The molecule has 5 heteroatoms. The fourth-order valence-electron chi connectivity index (χ4n) is 1.15. The molecule has 64 valence electrons. The summed E-state index contributed by atoms with van der Waals surface area (Å²) in [6, 6.07) is 0. The Bertz CT molecular complexity index is 276. The fraction of sp³-hybridized carbons (Fsp3) is 0.833. The predicted molar refractivity (Wildman–Crippen MR) is 40.4 cm³/mol. The van der Waals surface area contributed by atoms with Gasteiger partial charge in [-0.05, 0) is 19.8 Å². The topological polar surface area (TPSA) is 77.2 Å². The number of hydrogen-bond donors (Lipinski definition) is 1. The van der Waals surface area contributed by atoms with Gasteiger partial charge in [0.2, 0.25) is 10.0 Å². The highest BCUT2D eigenvalue weighted by molar-refractivity contribution is 7.90. The van der Waals surface area contributed by atoms with Gasteiger partial charge in [0.15, 0.2) is 0 Å². The van der Waals surface area contributed by atoms with E-state index >= 15 is 0 Å². The first-order chi connectivity index (χ1) is 4.87. The van der Waals surface area contributed by atoms with Crippen LogP contribution in [0.3, 0.4) is 0 Å². The van der Waals surface area contributed by atoms with Gasteiger partial charge < -0.3 is 0 Å². The minimum absolute atomic E-state index is 0.0752. The molecule has 0 radical (unpaired) electrons. The van der Waals surface area contributed by atoms with Gasteiger partial charge in [0.05, 0.1) is 4.75 Å². The average Bonchev–Trinajstić information content (AvgIpc) is 2.42. The van der Waals surface area contributed by atoms with Crippen molar-refractivity contribution in [2.24, 2.45) is 5.14 Å². The third kappa shape index (κ3) is 1.59. The van der Waals surface area contributed by atoms with Gasteiger partial charge in [-0.25, -0.2) is 13.6 Å². The molecule has 0 bridgehead atoms. The normalized spacial score (nSPS) is 21.3. The molecule has 1 aliphatic rings. The average molecular weight is 177 g/mol. The molecule has 0 heterocycles. The Hall–Kier alpha value is -0.420. The van der Waals surface area contributed by atoms with E-state index in [0.717, 1.165) is 0 Å². The van der Waals surface area contributed by atoms with Crippen molar-refractivity contribution in [2.75, 3.05) is 0 Å². The lowest BCUT2D eigenvalue weighted by Crippen LogP contribution is -2.32. The molecular formula is C6H11NO3S. The highest BCUT2D eigenvalue weighted by Gasteiger charge is 2.53. The van der Waals surface area contributed by atoms with Crippen molar-refractivity contribution in [3.63, 3.8) is 0 Å². The third-order valence-electron chi connectivity index (χ3n) is 1.98. The van der Waals surface area contributed by atoms with Crippen LogP contribution < -0.4 is 5.14 Å². The number of carbonyl (C=O) groups excluding carboxylic acids is 1. The molecule has 0 spiro atoms. The highest BCUT2D eigenvalue weighted by atomic mass is 32.2. The van der Waals surface area contributed by atoms with Crippen molar-refractivity contribution in [3.8, 4) is 0 Å². The maximum Gasteiger partial charge on any atom is 0.215 e. The van der Waals surface area contributed by atoms with Crippen molar-refractivity contribution >= 4 is 15.8 Å². The minimum Gasteiger partial charge on any atom is -0.300 e. The second-order valence-corrected chi connectivity index (χ2v) is 5.06. The molecular weight excluding hydrogens is 166 g/mol. The second-order valence-electron chi connectivity index (χ2n) is 3.11. The Morgan fingerprint density at radius 3 is 2.09 bits per heavy atom. The van der Waals surface area contributed by atoms with Crippen LogP contribution in [-0.2, 0) is 14.8 Å². The summed E-state index contributed by atoms with van der Waals surface area (Å²) in [6.45, 7) is 1.38. The Morgan fingerprint density at radius 2 is 2.00 bits per heavy atom. The van der Waals surface area contributed by atoms with Gasteiger partial charge in [0.25, 0.3) is 0 Å². The lowest BCUT2D eigenvalue weighted by molar-refractivity contribution is -0.117. The van der Waals surface area contributed by atoms with Gasteiger partial charge in [-0.15, -0.1) is 0 Å². The summed E-state index contributed by atoms with van der Waals surface area (Å²) in [7, 11) is -3.51. The van der Waals surface area contributed by atoms with Gasteiger partial charge in [0.1, 0.15) is 5.78 Å². The van der Waals surface area contributed by atoms with Crippen LogP contribution in [0.5, 0.6) is 0 Å². The lowest BCUT2D eigenvalue weighted by Gasteiger charge is -2.08. The zero-order valence-corrected chi connectivity index (χ0v) is 7.15. The van der Waals surface area contributed by atoms with Crippen molar-refractivity contribution in [1.82, 2.24) is 0 Å². The van der Waals surface area contributed by atoms with Gasteiger partial charge >= 0.3 is 0 Å². The van der Waals surface area contributed by atoms with E-state index in [0.29, 0.717) is 12.8 Å². The summed E-state index contributed by atoms with van der Waals surface area (Å²) in [4.78, 5) is 10.6. The zero-order chi connectivity index (χ0) is 8.70. The molecule has 1 rings (SSSR count). The molecule has 0 aromatic heterocycles. The molecule has 2 N–H and O–H groups in total. The highest BCUT2D eigenvalue weighted by Crippen LogP contribution is 2.45. The SMILES string of the molecule is CC(=O)CC1(S(N)(=O)=O)CC1. The second kappa shape index (κ2) is 2.28. The van der Waals surface area contributed by atoms with E-state index in [-0.39, 0.29) is 12.2 Å². The first kappa shape index (κ1) is 8.67. The molecule has 1 aliphatic carbocycles. The number of rotatable bonds is 3. The summed E-state index contributed by atoms with van der Waals surface area (Å²) in [5, 5.41) is 4.94. The van der Waals surface area contributed by atoms with Crippen LogP contribution in [-0.4, -0.2) is 18.9 Å². The van der Waals surface area contributed by atoms with Crippen LogP contribution in [0.2, 0.25) is 0 Å². The van der Waals surface area contributed by atoms with Crippen molar-refractivity contribution in [2.45, 2.75) is 30.9 Å². The van der Waals surface area contributed by atoms with E-state index in [1.807, 2.05) is 0 Å². The fourth-order valence-corrected chi connectivity index (χ4v) is 2.23. The van der Waals surface area contributed by atoms with E-state index in [1.54, 1.807) is 0 Å². The van der Waals surface area contributed by atoms with Gasteiger partial charge in [-0.1, -0.05) is 0 Å². The van der Waals surface area contributed by atoms with Gasteiger partial charge in [-0.2, -0.15) is 0 Å². The first-order valence-corrected chi connectivity index (χ1v) is 4.94. The van der Waals surface area contributed by atoms with E-state index in [4.69, 9.17) is 5.14 Å². The molecule has 0 amide bonds. The Morgan fingerprint density at radius 1 is 1.55 bits per heavy atom.